The highest BCUT2D eigenvalue weighted by Crippen LogP contribution is 2.18. The van der Waals surface area contributed by atoms with Crippen LogP contribution >= 0.6 is 11.8 Å². The first-order valence-corrected chi connectivity index (χ1v) is 7.23. The molecule has 0 aliphatic heterocycles. The Balaban J connectivity index is 1.82. The van der Waals surface area contributed by atoms with E-state index in [1.54, 1.807) is 34.6 Å². The number of nitriles is 1. The Labute approximate surface area is 121 Å². The minimum absolute atomic E-state index is 0.237. The van der Waals surface area contributed by atoms with Crippen molar-refractivity contribution in [2.45, 2.75) is 25.0 Å². The van der Waals surface area contributed by atoms with E-state index in [9.17, 15) is 0 Å². The van der Waals surface area contributed by atoms with Gasteiger partial charge in [-0.25, -0.2) is 4.68 Å². The van der Waals surface area contributed by atoms with Gasteiger partial charge in [-0.1, -0.05) is 17.8 Å². The number of hydrogen-bond donors (Lipinski definition) is 0. The molecule has 0 aliphatic carbocycles. The quantitative estimate of drug-likeness (QED) is 0.600. The second-order valence-corrected chi connectivity index (χ2v) is 5.40. The van der Waals surface area contributed by atoms with Gasteiger partial charge in [-0.15, -0.1) is 5.10 Å². The van der Waals surface area contributed by atoms with Crippen molar-refractivity contribution in [3.8, 4) is 11.8 Å². The fourth-order valence-electron chi connectivity index (χ4n) is 1.55. The molecule has 6 nitrogen and oxygen atoms in total. The van der Waals surface area contributed by atoms with Gasteiger partial charge in [0.2, 0.25) is 5.16 Å². The molecular weight excluding hydrogens is 274 g/mol. The van der Waals surface area contributed by atoms with Gasteiger partial charge in [-0.3, -0.25) is 0 Å². The van der Waals surface area contributed by atoms with E-state index in [0.717, 1.165) is 10.9 Å². The van der Waals surface area contributed by atoms with E-state index >= 15 is 0 Å². The Hall–Kier alpha value is -2.07. The second-order valence-electron chi connectivity index (χ2n) is 4.34. The average Bonchev–Trinajstić information content (AvgIpc) is 2.92. The molecule has 2 rings (SSSR count). The maximum absolute atomic E-state index is 8.81. The summed E-state index contributed by atoms with van der Waals surface area (Å²) in [6.07, 6.45) is 0. The van der Waals surface area contributed by atoms with Gasteiger partial charge >= 0.3 is 0 Å². The number of aromatic nitrogens is 4. The predicted molar refractivity (Wildman–Crippen MR) is 75.6 cm³/mol. The Morgan fingerprint density at radius 2 is 2.30 bits per heavy atom. The first-order chi connectivity index (χ1) is 9.70. The topological polar surface area (TPSA) is 76.6 Å². The lowest BCUT2D eigenvalue weighted by molar-refractivity contribution is 0.343. The van der Waals surface area contributed by atoms with E-state index in [4.69, 9.17) is 10.00 Å². The van der Waals surface area contributed by atoms with Crippen molar-refractivity contribution < 1.29 is 4.74 Å². The molecule has 0 spiro atoms. The third kappa shape index (κ3) is 3.71. The van der Waals surface area contributed by atoms with Crippen molar-refractivity contribution >= 4 is 11.8 Å². The van der Waals surface area contributed by atoms with Gasteiger partial charge in [0.1, 0.15) is 5.75 Å². The fourth-order valence-corrected chi connectivity index (χ4v) is 2.38. The lowest BCUT2D eigenvalue weighted by Crippen LogP contribution is -2.06. The predicted octanol–water partition coefficient (Wildman–Crippen LogP) is 2.30. The third-order valence-corrected chi connectivity index (χ3v) is 3.40. The second kappa shape index (κ2) is 6.91. The van der Waals surface area contributed by atoms with E-state index in [2.05, 4.69) is 21.6 Å². The number of nitrogens with zero attached hydrogens (tertiary/aromatic N) is 5. The highest BCUT2D eigenvalue weighted by Gasteiger charge is 2.09. The molecule has 0 saturated heterocycles. The smallest absolute Gasteiger partial charge is 0.209 e. The standard InChI is InChI=1S/C13H15N5OS/c1-10(2)18-13(15-16-17-18)20-7-6-19-12-5-3-4-11(8-12)9-14/h3-5,8,10H,6-7H2,1-2H3. The van der Waals surface area contributed by atoms with Gasteiger partial charge < -0.3 is 4.74 Å². The molecule has 0 N–H and O–H groups in total. The van der Waals surface area contributed by atoms with Crippen LogP contribution in [0.4, 0.5) is 0 Å². The molecular formula is C13H15N5OS. The molecule has 0 bridgehead atoms. The molecule has 0 radical (unpaired) electrons. The zero-order valence-corrected chi connectivity index (χ0v) is 12.2. The summed E-state index contributed by atoms with van der Waals surface area (Å²) < 4.78 is 7.38. The molecule has 7 heteroatoms. The van der Waals surface area contributed by atoms with Crippen molar-refractivity contribution in [1.29, 1.82) is 5.26 Å². The summed E-state index contributed by atoms with van der Waals surface area (Å²) in [4.78, 5) is 0. The first kappa shape index (κ1) is 14.3. The highest BCUT2D eigenvalue weighted by atomic mass is 32.2. The van der Waals surface area contributed by atoms with Crippen LogP contribution in [0.15, 0.2) is 29.4 Å². The van der Waals surface area contributed by atoms with E-state index in [1.807, 2.05) is 19.9 Å². The molecule has 0 fully saturated rings. The molecule has 0 atom stereocenters. The van der Waals surface area contributed by atoms with Gasteiger partial charge in [0.05, 0.1) is 24.3 Å². The van der Waals surface area contributed by atoms with Crippen LogP contribution in [-0.2, 0) is 0 Å². The molecule has 0 unspecified atom stereocenters. The molecule has 0 aliphatic rings. The van der Waals surface area contributed by atoms with Gasteiger partial charge in [0.15, 0.2) is 0 Å². The molecule has 0 amide bonds. The Morgan fingerprint density at radius 1 is 1.45 bits per heavy atom. The summed E-state index contributed by atoms with van der Waals surface area (Å²) in [5.41, 5.74) is 0.596. The minimum atomic E-state index is 0.237. The van der Waals surface area contributed by atoms with E-state index in [1.165, 1.54) is 0 Å². The molecule has 1 aromatic heterocycles. The van der Waals surface area contributed by atoms with Crippen LogP contribution in [0.5, 0.6) is 5.75 Å². The largest absolute Gasteiger partial charge is 0.493 e. The van der Waals surface area contributed by atoms with E-state index in [0.29, 0.717) is 17.9 Å². The molecule has 0 saturated carbocycles. The van der Waals surface area contributed by atoms with E-state index < -0.39 is 0 Å². The van der Waals surface area contributed by atoms with Crippen LogP contribution in [0.1, 0.15) is 25.5 Å². The Morgan fingerprint density at radius 3 is 3.05 bits per heavy atom. The Kier molecular flexibility index (Phi) is 4.96. The summed E-state index contributed by atoms with van der Waals surface area (Å²) >= 11 is 1.55. The first-order valence-electron chi connectivity index (χ1n) is 6.24. The maximum atomic E-state index is 8.81. The lowest BCUT2D eigenvalue weighted by atomic mass is 10.2. The summed E-state index contributed by atoms with van der Waals surface area (Å²) in [5.74, 6) is 1.44. The van der Waals surface area contributed by atoms with Gasteiger partial charge in [-0.05, 0) is 42.5 Å². The van der Waals surface area contributed by atoms with Crippen molar-refractivity contribution in [1.82, 2.24) is 20.2 Å². The molecule has 1 heterocycles. The zero-order valence-electron chi connectivity index (χ0n) is 11.4. The molecule has 104 valence electrons. The summed E-state index contributed by atoms with van der Waals surface area (Å²) in [6.45, 7) is 4.60. The summed E-state index contributed by atoms with van der Waals surface area (Å²) in [7, 11) is 0. The van der Waals surface area contributed by atoms with Gasteiger partial charge in [-0.2, -0.15) is 5.26 Å². The molecule has 20 heavy (non-hydrogen) atoms. The number of thioether (sulfide) groups is 1. The maximum Gasteiger partial charge on any atom is 0.209 e. The van der Waals surface area contributed by atoms with Crippen molar-refractivity contribution in [2.24, 2.45) is 0 Å². The number of benzene rings is 1. The summed E-state index contributed by atoms with van der Waals surface area (Å²) in [5, 5.41) is 21.2. The normalized spacial score (nSPS) is 10.5. The van der Waals surface area contributed by atoms with Crippen molar-refractivity contribution in [3.05, 3.63) is 29.8 Å². The lowest BCUT2D eigenvalue weighted by Gasteiger charge is -2.08. The third-order valence-electron chi connectivity index (χ3n) is 2.50. The van der Waals surface area contributed by atoms with Crippen LogP contribution in [0, 0.1) is 11.3 Å². The number of rotatable bonds is 6. The minimum Gasteiger partial charge on any atom is -0.493 e. The average molecular weight is 289 g/mol. The zero-order chi connectivity index (χ0) is 14.4. The van der Waals surface area contributed by atoms with Crippen LogP contribution in [0.25, 0.3) is 0 Å². The SMILES string of the molecule is CC(C)n1nnnc1SCCOc1cccc(C#N)c1. The van der Waals surface area contributed by atoms with Gasteiger partial charge in [0.25, 0.3) is 0 Å². The Bertz CT molecular complexity index is 605. The van der Waals surface area contributed by atoms with Crippen molar-refractivity contribution in [2.75, 3.05) is 12.4 Å². The highest BCUT2D eigenvalue weighted by molar-refractivity contribution is 7.99. The molecule has 1 aromatic carbocycles. The van der Waals surface area contributed by atoms with Crippen LogP contribution in [0.2, 0.25) is 0 Å². The number of tetrazole rings is 1. The van der Waals surface area contributed by atoms with Gasteiger partial charge in [0, 0.05) is 5.75 Å². The van der Waals surface area contributed by atoms with Crippen LogP contribution in [-0.4, -0.2) is 32.6 Å². The fraction of sp³-hybridized carbons (Fsp3) is 0.385. The summed E-state index contributed by atoms with van der Waals surface area (Å²) in [6, 6.07) is 9.44. The number of hydrogen-bond acceptors (Lipinski definition) is 6. The monoisotopic (exact) mass is 289 g/mol. The van der Waals surface area contributed by atoms with Crippen molar-refractivity contribution in [3.63, 3.8) is 0 Å². The van der Waals surface area contributed by atoms with Crippen LogP contribution < -0.4 is 4.74 Å². The van der Waals surface area contributed by atoms with Crippen LogP contribution in [0.3, 0.4) is 0 Å². The number of ether oxygens (including phenoxy) is 1. The molecule has 2 aromatic rings. The van der Waals surface area contributed by atoms with E-state index in [-0.39, 0.29) is 6.04 Å².